The molecule has 0 N–H and O–H groups in total. The van der Waals surface area contributed by atoms with Crippen LogP contribution in [0.1, 0.15) is 53.4 Å². The van der Waals surface area contributed by atoms with Gasteiger partial charge in [0.25, 0.3) is 0 Å². The summed E-state index contributed by atoms with van der Waals surface area (Å²) < 4.78 is 0. The first-order chi connectivity index (χ1) is 5.01. The van der Waals surface area contributed by atoms with Crippen molar-refractivity contribution in [3.63, 3.8) is 0 Å². The highest BCUT2D eigenvalue weighted by atomic mass is 14.3. The van der Waals surface area contributed by atoms with Crippen molar-refractivity contribution in [2.45, 2.75) is 53.4 Å². The smallest absolute Gasteiger partial charge is 0.0354 e. The van der Waals surface area contributed by atoms with E-state index in [-0.39, 0.29) is 0 Å². The zero-order valence-corrected chi connectivity index (χ0v) is 8.48. The van der Waals surface area contributed by atoms with Crippen molar-refractivity contribution in [2.24, 2.45) is 17.3 Å². The summed E-state index contributed by atoms with van der Waals surface area (Å²) in [6, 6.07) is 0. The number of rotatable bonds is 0. The summed E-state index contributed by atoms with van der Waals surface area (Å²) in [5.74, 6) is 1.91. The van der Waals surface area contributed by atoms with Crippen LogP contribution in [0.15, 0.2) is 0 Å². The second-order valence-corrected chi connectivity index (χ2v) is 5.20. The van der Waals surface area contributed by atoms with Crippen LogP contribution >= 0.6 is 0 Å². The van der Waals surface area contributed by atoms with E-state index in [0.29, 0.717) is 5.41 Å². The van der Waals surface area contributed by atoms with Gasteiger partial charge in [-0.1, -0.05) is 27.7 Å². The standard InChI is InChI=1S/C11H22/c1-9-5-7-11(3,4)8-6-10(9)2/h9-10H,5-8H2,1-4H3. The van der Waals surface area contributed by atoms with Crippen molar-refractivity contribution in [1.82, 2.24) is 0 Å². The molecule has 0 aliphatic heterocycles. The Bertz CT molecular complexity index is 110. The molecule has 0 amide bonds. The molecule has 11 heavy (non-hydrogen) atoms. The molecule has 0 radical (unpaired) electrons. The summed E-state index contributed by atoms with van der Waals surface area (Å²) >= 11 is 0. The highest BCUT2D eigenvalue weighted by Crippen LogP contribution is 2.38. The van der Waals surface area contributed by atoms with E-state index in [2.05, 4.69) is 27.7 Å². The molecule has 1 aliphatic carbocycles. The van der Waals surface area contributed by atoms with E-state index in [1.54, 1.807) is 0 Å². The van der Waals surface area contributed by atoms with Crippen LogP contribution in [0.25, 0.3) is 0 Å². The van der Waals surface area contributed by atoms with Crippen LogP contribution in [-0.2, 0) is 0 Å². The van der Waals surface area contributed by atoms with Crippen LogP contribution in [0.4, 0.5) is 0 Å². The molecular weight excluding hydrogens is 132 g/mol. The van der Waals surface area contributed by atoms with Crippen molar-refractivity contribution in [3.8, 4) is 0 Å². The first kappa shape index (κ1) is 9.09. The minimum atomic E-state index is 0.624. The molecule has 2 atom stereocenters. The van der Waals surface area contributed by atoms with Crippen LogP contribution < -0.4 is 0 Å². The average Bonchev–Trinajstić information content (AvgIpc) is 2.03. The second-order valence-electron chi connectivity index (χ2n) is 5.20. The fourth-order valence-electron chi connectivity index (χ4n) is 1.93. The van der Waals surface area contributed by atoms with E-state index in [1.807, 2.05) is 0 Å². The first-order valence-electron chi connectivity index (χ1n) is 5.01. The van der Waals surface area contributed by atoms with Crippen LogP contribution in [0, 0.1) is 17.3 Å². The lowest BCUT2D eigenvalue weighted by molar-refractivity contribution is 0.309. The predicted octanol–water partition coefficient (Wildman–Crippen LogP) is 3.86. The minimum absolute atomic E-state index is 0.624. The van der Waals surface area contributed by atoms with E-state index in [4.69, 9.17) is 0 Å². The van der Waals surface area contributed by atoms with Crippen molar-refractivity contribution in [1.29, 1.82) is 0 Å². The average molecular weight is 154 g/mol. The largest absolute Gasteiger partial charge is 0.0623 e. The van der Waals surface area contributed by atoms with Crippen molar-refractivity contribution in [3.05, 3.63) is 0 Å². The van der Waals surface area contributed by atoms with Crippen LogP contribution in [0.5, 0.6) is 0 Å². The van der Waals surface area contributed by atoms with E-state index in [1.165, 1.54) is 25.7 Å². The molecule has 0 spiro atoms. The Kier molecular flexibility index (Phi) is 2.61. The van der Waals surface area contributed by atoms with Gasteiger partial charge in [0.1, 0.15) is 0 Å². The molecule has 2 unspecified atom stereocenters. The zero-order valence-electron chi connectivity index (χ0n) is 8.48. The van der Waals surface area contributed by atoms with Crippen LogP contribution in [0.2, 0.25) is 0 Å². The van der Waals surface area contributed by atoms with Gasteiger partial charge < -0.3 is 0 Å². The number of hydrogen-bond donors (Lipinski definition) is 0. The minimum Gasteiger partial charge on any atom is -0.0623 e. The molecule has 0 saturated heterocycles. The Hall–Kier alpha value is 0. The Morgan fingerprint density at radius 2 is 1.27 bits per heavy atom. The van der Waals surface area contributed by atoms with Crippen molar-refractivity contribution in [2.75, 3.05) is 0 Å². The van der Waals surface area contributed by atoms with Gasteiger partial charge in [0, 0.05) is 0 Å². The van der Waals surface area contributed by atoms with Crippen molar-refractivity contribution >= 4 is 0 Å². The zero-order chi connectivity index (χ0) is 8.48. The van der Waals surface area contributed by atoms with Gasteiger partial charge in [-0.15, -0.1) is 0 Å². The Morgan fingerprint density at radius 1 is 0.909 bits per heavy atom. The lowest BCUT2D eigenvalue weighted by Gasteiger charge is -2.21. The van der Waals surface area contributed by atoms with Crippen LogP contribution in [0.3, 0.4) is 0 Å². The molecule has 0 heteroatoms. The van der Waals surface area contributed by atoms with E-state index < -0.39 is 0 Å². The van der Waals surface area contributed by atoms with E-state index >= 15 is 0 Å². The Balaban J connectivity index is 2.51. The van der Waals surface area contributed by atoms with E-state index in [0.717, 1.165) is 11.8 Å². The van der Waals surface area contributed by atoms with Gasteiger partial charge in [-0.25, -0.2) is 0 Å². The van der Waals surface area contributed by atoms with Gasteiger partial charge in [0.05, 0.1) is 0 Å². The lowest BCUT2D eigenvalue weighted by Crippen LogP contribution is -2.08. The summed E-state index contributed by atoms with van der Waals surface area (Å²) in [4.78, 5) is 0. The van der Waals surface area contributed by atoms with Gasteiger partial charge >= 0.3 is 0 Å². The third-order valence-corrected chi connectivity index (χ3v) is 3.52. The summed E-state index contributed by atoms with van der Waals surface area (Å²) in [5, 5.41) is 0. The van der Waals surface area contributed by atoms with Gasteiger partial charge in [0.15, 0.2) is 0 Å². The van der Waals surface area contributed by atoms with Gasteiger partial charge in [-0.3, -0.25) is 0 Å². The molecule has 66 valence electrons. The maximum Gasteiger partial charge on any atom is -0.0354 e. The molecule has 0 heterocycles. The van der Waals surface area contributed by atoms with Gasteiger partial charge in [-0.05, 0) is 42.9 Å². The SMILES string of the molecule is CC1CCC(C)(C)CCC1C. The topological polar surface area (TPSA) is 0 Å². The lowest BCUT2D eigenvalue weighted by atomic mass is 9.85. The Morgan fingerprint density at radius 3 is 1.64 bits per heavy atom. The molecule has 1 rings (SSSR count). The highest BCUT2D eigenvalue weighted by Gasteiger charge is 2.25. The molecule has 1 fully saturated rings. The second kappa shape index (κ2) is 3.16. The van der Waals surface area contributed by atoms with Gasteiger partial charge in [-0.2, -0.15) is 0 Å². The third kappa shape index (κ3) is 2.50. The first-order valence-corrected chi connectivity index (χ1v) is 5.01. The number of hydrogen-bond acceptors (Lipinski definition) is 0. The van der Waals surface area contributed by atoms with Crippen LogP contribution in [-0.4, -0.2) is 0 Å². The summed E-state index contributed by atoms with van der Waals surface area (Å²) in [7, 11) is 0. The molecule has 0 aromatic carbocycles. The molecule has 1 saturated carbocycles. The molecule has 0 bridgehead atoms. The molecule has 1 aliphatic rings. The maximum atomic E-state index is 2.41. The van der Waals surface area contributed by atoms with Crippen molar-refractivity contribution < 1.29 is 0 Å². The monoisotopic (exact) mass is 154 g/mol. The molecular formula is C11H22. The summed E-state index contributed by atoms with van der Waals surface area (Å²) in [6.45, 7) is 9.65. The van der Waals surface area contributed by atoms with E-state index in [9.17, 15) is 0 Å². The highest BCUT2D eigenvalue weighted by molar-refractivity contribution is 4.77. The molecule has 0 aromatic heterocycles. The molecule has 0 aromatic rings. The fraction of sp³-hybridized carbons (Fsp3) is 1.00. The fourth-order valence-corrected chi connectivity index (χ4v) is 1.93. The predicted molar refractivity (Wildman–Crippen MR) is 50.6 cm³/mol. The third-order valence-electron chi connectivity index (χ3n) is 3.52. The molecule has 0 nitrogen and oxygen atoms in total. The summed E-state index contributed by atoms with van der Waals surface area (Å²) in [5.41, 5.74) is 0.624. The quantitative estimate of drug-likeness (QED) is 0.465. The summed E-state index contributed by atoms with van der Waals surface area (Å²) in [6.07, 6.45) is 5.74. The Labute approximate surface area is 71.4 Å². The maximum absolute atomic E-state index is 2.41. The normalized spacial score (nSPS) is 38.2. The van der Waals surface area contributed by atoms with Gasteiger partial charge in [0.2, 0.25) is 0 Å².